The van der Waals surface area contributed by atoms with Crippen molar-refractivity contribution in [3.8, 4) is 0 Å². The molecule has 0 atom stereocenters. The summed E-state index contributed by atoms with van der Waals surface area (Å²) in [5.41, 5.74) is 1.92. The van der Waals surface area contributed by atoms with E-state index in [0.29, 0.717) is 37.4 Å². The van der Waals surface area contributed by atoms with Crippen LogP contribution in [0.5, 0.6) is 0 Å². The molecule has 0 spiro atoms. The van der Waals surface area contributed by atoms with Crippen LogP contribution in [0, 0.1) is 5.82 Å². The molecule has 1 aromatic heterocycles. The highest BCUT2D eigenvalue weighted by atomic mass is 32.2. The summed E-state index contributed by atoms with van der Waals surface area (Å²) in [5.74, 6) is 0.417. The molecule has 0 bridgehead atoms. The number of para-hydroxylation sites is 1. The zero-order valence-corrected chi connectivity index (χ0v) is 17.3. The number of hydrogen-bond donors (Lipinski definition) is 1. The third-order valence-corrected chi connectivity index (χ3v) is 7.27. The lowest BCUT2D eigenvalue weighted by molar-refractivity contribution is 0.346. The lowest BCUT2D eigenvalue weighted by atomic mass is 10.2. The van der Waals surface area contributed by atoms with Crippen LogP contribution in [0.2, 0.25) is 0 Å². The van der Waals surface area contributed by atoms with Crippen LogP contribution in [0.4, 0.5) is 10.1 Å². The van der Waals surface area contributed by atoms with Crippen LogP contribution in [0.1, 0.15) is 32.0 Å². The van der Waals surface area contributed by atoms with E-state index in [1.54, 1.807) is 34.6 Å². The van der Waals surface area contributed by atoms with E-state index in [1.807, 2.05) is 17.6 Å². The second kappa shape index (κ2) is 8.12. The fourth-order valence-corrected chi connectivity index (χ4v) is 5.38. The Hall–Kier alpha value is -2.45. The van der Waals surface area contributed by atoms with Crippen molar-refractivity contribution in [3.05, 3.63) is 54.1 Å². The van der Waals surface area contributed by atoms with Crippen molar-refractivity contribution < 1.29 is 12.8 Å². The van der Waals surface area contributed by atoms with Crippen LogP contribution >= 0.6 is 0 Å². The molecule has 2 heterocycles. The zero-order valence-electron chi connectivity index (χ0n) is 16.4. The summed E-state index contributed by atoms with van der Waals surface area (Å²) in [6, 6.07) is 11.6. The summed E-state index contributed by atoms with van der Waals surface area (Å²) >= 11 is 0. The van der Waals surface area contributed by atoms with Gasteiger partial charge in [-0.2, -0.15) is 4.31 Å². The second-order valence-corrected chi connectivity index (χ2v) is 9.16. The average Bonchev–Trinajstić information content (AvgIpc) is 3.10. The molecule has 1 aliphatic heterocycles. The van der Waals surface area contributed by atoms with E-state index in [9.17, 15) is 12.8 Å². The Morgan fingerprint density at radius 1 is 1.10 bits per heavy atom. The van der Waals surface area contributed by atoms with Crippen molar-refractivity contribution in [2.45, 2.75) is 44.2 Å². The number of halogens is 1. The number of imidazole rings is 1. The summed E-state index contributed by atoms with van der Waals surface area (Å²) in [4.78, 5) is 4.92. The van der Waals surface area contributed by atoms with Gasteiger partial charge >= 0.3 is 0 Å². The Kier molecular flexibility index (Phi) is 5.56. The van der Waals surface area contributed by atoms with Gasteiger partial charge in [0.05, 0.1) is 28.2 Å². The molecular weight excluding hydrogens is 391 g/mol. The van der Waals surface area contributed by atoms with Gasteiger partial charge in [0, 0.05) is 19.6 Å². The topological polar surface area (TPSA) is 67.2 Å². The smallest absolute Gasteiger partial charge is 0.243 e. The van der Waals surface area contributed by atoms with Crippen LogP contribution in [0.25, 0.3) is 11.0 Å². The van der Waals surface area contributed by atoms with Gasteiger partial charge < -0.3 is 9.88 Å². The van der Waals surface area contributed by atoms with Gasteiger partial charge in [-0.1, -0.05) is 18.6 Å². The first-order valence-electron chi connectivity index (χ1n) is 9.98. The molecule has 3 aromatic rings. The summed E-state index contributed by atoms with van der Waals surface area (Å²) in [7, 11) is -3.51. The quantitative estimate of drug-likeness (QED) is 0.660. The molecule has 0 aliphatic carbocycles. The summed E-state index contributed by atoms with van der Waals surface area (Å²) < 4.78 is 43.4. The highest BCUT2D eigenvalue weighted by Crippen LogP contribution is 2.25. The normalized spacial score (nSPS) is 15.7. The minimum Gasteiger partial charge on any atom is -0.375 e. The first-order valence-corrected chi connectivity index (χ1v) is 11.4. The number of piperidine rings is 1. The molecule has 0 saturated carbocycles. The number of aromatic nitrogens is 2. The molecule has 2 aromatic carbocycles. The summed E-state index contributed by atoms with van der Waals surface area (Å²) in [5, 5.41) is 3.08. The van der Waals surface area contributed by atoms with E-state index in [0.717, 1.165) is 30.6 Å². The van der Waals surface area contributed by atoms with Gasteiger partial charge in [-0.3, -0.25) is 0 Å². The van der Waals surface area contributed by atoms with Crippen LogP contribution < -0.4 is 5.32 Å². The standard InChI is InChI=1S/C21H25FN4O2S/c1-2-26-20-11-10-16(29(27,28)25-12-6-3-7-13-25)14-19(20)24-21(26)15-23-18-9-5-4-8-17(18)22/h4-5,8-11,14,23H,2-3,6-7,12-13,15H2,1H3. The van der Waals surface area contributed by atoms with Crippen LogP contribution in [-0.2, 0) is 23.1 Å². The van der Waals surface area contributed by atoms with Gasteiger partial charge in [0.2, 0.25) is 10.0 Å². The Balaban J connectivity index is 1.64. The Morgan fingerprint density at radius 3 is 2.59 bits per heavy atom. The molecule has 0 unspecified atom stereocenters. The number of sulfonamides is 1. The fraction of sp³-hybridized carbons (Fsp3) is 0.381. The molecule has 1 fully saturated rings. The fourth-order valence-electron chi connectivity index (χ4n) is 3.84. The van der Waals surface area contributed by atoms with E-state index >= 15 is 0 Å². The van der Waals surface area contributed by atoms with Gasteiger partial charge in [-0.15, -0.1) is 0 Å². The van der Waals surface area contributed by atoms with Gasteiger partial charge in [0.1, 0.15) is 11.6 Å². The highest BCUT2D eigenvalue weighted by molar-refractivity contribution is 7.89. The second-order valence-electron chi connectivity index (χ2n) is 7.22. The SMILES string of the molecule is CCn1c(CNc2ccccc2F)nc2cc(S(=O)(=O)N3CCCCC3)ccc21. The van der Waals surface area contributed by atoms with Crippen molar-refractivity contribution in [2.24, 2.45) is 0 Å². The van der Waals surface area contributed by atoms with Crippen molar-refractivity contribution in [1.82, 2.24) is 13.9 Å². The number of aryl methyl sites for hydroxylation is 1. The van der Waals surface area contributed by atoms with Crippen LogP contribution in [0.15, 0.2) is 47.4 Å². The van der Waals surface area contributed by atoms with Crippen molar-refractivity contribution in [2.75, 3.05) is 18.4 Å². The van der Waals surface area contributed by atoms with E-state index in [2.05, 4.69) is 10.3 Å². The van der Waals surface area contributed by atoms with Crippen molar-refractivity contribution in [3.63, 3.8) is 0 Å². The number of nitrogens with one attached hydrogen (secondary N) is 1. The maximum Gasteiger partial charge on any atom is 0.243 e. The van der Waals surface area contributed by atoms with E-state index < -0.39 is 10.0 Å². The third-order valence-electron chi connectivity index (χ3n) is 5.38. The maximum absolute atomic E-state index is 13.9. The Bertz CT molecular complexity index is 1120. The molecule has 1 N–H and O–H groups in total. The van der Waals surface area contributed by atoms with Gasteiger partial charge in [-0.05, 0) is 50.1 Å². The monoisotopic (exact) mass is 416 g/mol. The number of hydrogen-bond acceptors (Lipinski definition) is 4. The molecular formula is C21H25FN4O2S. The minimum absolute atomic E-state index is 0.279. The number of anilines is 1. The van der Waals surface area contributed by atoms with Crippen LogP contribution in [-0.4, -0.2) is 35.4 Å². The van der Waals surface area contributed by atoms with Crippen molar-refractivity contribution in [1.29, 1.82) is 0 Å². The predicted octanol–water partition coefficient (Wildman–Crippen LogP) is 3.98. The minimum atomic E-state index is -3.51. The molecule has 0 amide bonds. The number of rotatable bonds is 6. The molecule has 0 radical (unpaired) electrons. The molecule has 4 rings (SSSR count). The Labute approximate surface area is 170 Å². The van der Waals surface area contributed by atoms with Crippen LogP contribution in [0.3, 0.4) is 0 Å². The molecule has 1 saturated heterocycles. The number of nitrogens with zero attached hydrogens (tertiary/aromatic N) is 3. The lowest BCUT2D eigenvalue weighted by Gasteiger charge is -2.25. The lowest BCUT2D eigenvalue weighted by Crippen LogP contribution is -2.35. The van der Waals surface area contributed by atoms with E-state index in [4.69, 9.17) is 0 Å². The third kappa shape index (κ3) is 3.86. The average molecular weight is 417 g/mol. The first kappa shape index (κ1) is 19.8. The molecule has 6 nitrogen and oxygen atoms in total. The molecule has 1 aliphatic rings. The van der Waals surface area contributed by atoms with E-state index in [1.165, 1.54) is 6.07 Å². The number of fused-ring (bicyclic) bond motifs is 1. The highest BCUT2D eigenvalue weighted by Gasteiger charge is 2.26. The number of benzene rings is 2. The molecule has 154 valence electrons. The van der Waals surface area contributed by atoms with E-state index in [-0.39, 0.29) is 10.7 Å². The first-order chi connectivity index (χ1) is 14.0. The largest absolute Gasteiger partial charge is 0.375 e. The van der Waals surface area contributed by atoms with Gasteiger partial charge in [-0.25, -0.2) is 17.8 Å². The molecule has 8 heteroatoms. The van der Waals surface area contributed by atoms with Gasteiger partial charge in [0.15, 0.2) is 0 Å². The zero-order chi connectivity index (χ0) is 20.4. The molecule has 29 heavy (non-hydrogen) atoms. The maximum atomic E-state index is 13.9. The van der Waals surface area contributed by atoms with Gasteiger partial charge in [0.25, 0.3) is 0 Å². The summed E-state index contributed by atoms with van der Waals surface area (Å²) in [6.45, 7) is 4.18. The Morgan fingerprint density at radius 2 is 1.86 bits per heavy atom. The predicted molar refractivity (Wildman–Crippen MR) is 112 cm³/mol. The summed E-state index contributed by atoms with van der Waals surface area (Å²) in [6.07, 6.45) is 2.87. The van der Waals surface area contributed by atoms with Crippen molar-refractivity contribution >= 4 is 26.7 Å².